The molecule has 1 unspecified atom stereocenters. The number of nitrogens with zero attached hydrogens (tertiary/aromatic N) is 3. The molecule has 2 heterocycles. The second kappa shape index (κ2) is 10.9. The van der Waals surface area contributed by atoms with Crippen LogP contribution in [-0.4, -0.2) is 48.4 Å². The zero-order chi connectivity index (χ0) is 25.8. The number of ether oxygens (including phenoxy) is 2. The van der Waals surface area contributed by atoms with Gasteiger partial charge in [-0.3, -0.25) is 4.90 Å². The van der Waals surface area contributed by atoms with Crippen molar-refractivity contribution < 1.29 is 18.7 Å². The molecule has 1 aromatic heterocycles. The van der Waals surface area contributed by atoms with Gasteiger partial charge < -0.3 is 18.8 Å². The maximum Gasteiger partial charge on any atom is 0.510 e. The lowest BCUT2D eigenvalue weighted by atomic mass is 10.0. The van der Waals surface area contributed by atoms with E-state index in [4.69, 9.17) is 13.9 Å². The zero-order valence-electron chi connectivity index (χ0n) is 21.1. The fourth-order valence-corrected chi connectivity index (χ4v) is 4.86. The monoisotopic (exact) mass is 501 g/mol. The summed E-state index contributed by atoms with van der Waals surface area (Å²) in [6.07, 6.45) is -1.68. The number of oxazole rings is 1. The Morgan fingerprint density at radius 1 is 0.946 bits per heavy atom. The standard InChI is InChI=1S/C29H31N3O5/c1-3-35-29(34)36-21(2)32-26-14-8-13-25(27(26)37-28(32)33)31-17-15-30(16-18-31)20-22-9-7-12-24(19-22)23-10-5-4-6-11-23/h4-14,19,21H,3,15-18,20H2,1-2H3. The molecule has 1 aliphatic rings. The normalized spacial score (nSPS) is 15.0. The van der Waals surface area contributed by atoms with Crippen LogP contribution in [0.1, 0.15) is 25.6 Å². The summed E-state index contributed by atoms with van der Waals surface area (Å²) in [6, 6.07) is 24.8. The van der Waals surface area contributed by atoms with Gasteiger partial charge in [0.25, 0.3) is 0 Å². The highest BCUT2D eigenvalue weighted by Crippen LogP contribution is 2.29. The number of hydrogen-bond donors (Lipinski definition) is 0. The molecule has 8 nitrogen and oxygen atoms in total. The molecule has 0 aliphatic carbocycles. The molecule has 3 aromatic carbocycles. The Bertz CT molecular complexity index is 1420. The number of benzene rings is 3. The van der Waals surface area contributed by atoms with Gasteiger partial charge in [0, 0.05) is 32.7 Å². The van der Waals surface area contributed by atoms with Crippen molar-refractivity contribution in [1.82, 2.24) is 9.47 Å². The average molecular weight is 502 g/mol. The highest BCUT2D eigenvalue weighted by molar-refractivity contribution is 5.87. The van der Waals surface area contributed by atoms with Gasteiger partial charge in [0.2, 0.25) is 0 Å². The Labute approximate surface area is 215 Å². The minimum Gasteiger partial charge on any atom is -0.435 e. The molecule has 0 bridgehead atoms. The van der Waals surface area contributed by atoms with Crippen LogP contribution in [0.2, 0.25) is 0 Å². The van der Waals surface area contributed by atoms with E-state index in [0.717, 1.165) is 38.4 Å². The summed E-state index contributed by atoms with van der Waals surface area (Å²) in [4.78, 5) is 29.1. The fourth-order valence-electron chi connectivity index (χ4n) is 4.86. The lowest BCUT2D eigenvalue weighted by Gasteiger charge is -2.36. The lowest BCUT2D eigenvalue weighted by molar-refractivity contribution is 0.00556. The maximum atomic E-state index is 12.7. The predicted molar refractivity (Wildman–Crippen MR) is 143 cm³/mol. The molecule has 192 valence electrons. The van der Waals surface area contributed by atoms with E-state index >= 15 is 0 Å². The Balaban J connectivity index is 1.28. The molecular weight excluding hydrogens is 470 g/mol. The van der Waals surface area contributed by atoms with E-state index in [2.05, 4.69) is 58.3 Å². The third-order valence-corrected chi connectivity index (χ3v) is 6.66. The first-order valence-electron chi connectivity index (χ1n) is 12.6. The van der Waals surface area contributed by atoms with Gasteiger partial charge in [-0.2, -0.15) is 0 Å². The van der Waals surface area contributed by atoms with Crippen LogP contribution < -0.4 is 10.7 Å². The van der Waals surface area contributed by atoms with Crippen LogP contribution in [0.4, 0.5) is 10.5 Å². The number of piperazine rings is 1. The van der Waals surface area contributed by atoms with Crippen LogP contribution in [-0.2, 0) is 16.0 Å². The summed E-state index contributed by atoms with van der Waals surface area (Å²) in [7, 11) is 0. The Morgan fingerprint density at radius 2 is 1.68 bits per heavy atom. The predicted octanol–water partition coefficient (Wildman–Crippen LogP) is 5.28. The van der Waals surface area contributed by atoms with Crippen LogP contribution in [0.3, 0.4) is 0 Å². The van der Waals surface area contributed by atoms with Crippen LogP contribution in [0.15, 0.2) is 82.0 Å². The smallest absolute Gasteiger partial charge is 0.435 e. The topological polar surface area (TPSA) is 77.1 Å². The highest BCUT2D eigenvalue weighted by atomic mass is 16.7. The van der Waals surface area contributed by atoms with Gasteiger partial charge in [0.15, 0.2) is 11.8 Å². The van der Waals surface area contributed by atoms with Crippen molar-refractivity contribution in [1.29, 1.82) is 0 Å². The molecule has 1 saturated heterocycles. The summed E-state index contributed by atoms with van der Waals surface area (Å²) in [5.41, 5.74) is 5.68. The number of anilines is 1. The SMILES string of the molecule is CCOC(=O)OC(C)n1c(=O)oc2c(N3CCN(Cc4cccc(-c5ccccc5)c4)CC3)cccc21. The molecular formula is C29H31N3O5. The third-order valence-electron chi connectivity index (χ3n) is 6.66. The third kappa shape index (κ3) is 5.39. The van der Waals surface area contributed by atoms with Gasteiger partial charge in [-0.15, -0.1) is 0 Å². The Morgan fingerprint density at radius 3 is 2.43 bits per heavy atom. The van der Waals surface area contributed by atoms with E-state index < -0.39 is 18.1 Å². The number of aromatic nitrogens is 1. The van der Waals surface area contributed by atoms with Gasteiger partial charge in [-0.1, -0.05) is 54.6 Å². The van der Waals surface area contributed by atoms with Gasteiger partial charge in [0.05, 0.1) is 17.8 Å². The summed E-state index contributed by atoms with van der Waals surface area (Å²) < 4.78 is 17.1. The van der Waals surface area contributed by atoms with Crippen molar-refractivity contribution in [3.8, 4) is 11.1 Å². The summed E-state index contributed by atoms with van der Waals surface area (Å²) in [6.45, 7) is 7.78. The fraction of sp³-hybridized carbons (Fsp3) is 0.310. The van der Waals surface area contributed by atoms with Crippen molar-refractivity contribution in [3.05, 3.63) is 88.9 Å². The number of fused-ring (bicyclic) bond motifs is 1. The number of para-hydroxylation sites is 1. The summed E-state index contributed by atoms with van der Waals surface area (Å²) >= 11 is 0. The molecule has 1 fully saturated rings. The van der Waals surface area contributed by atoms with Gasteiger partial charge >= 0.3 is 11.9 Å². The van der Waals surface area contributed by atoms with E-state index in [1.165, 1.54) is 21.3 Å². The summed E-state index contributed by atoms with van der Waals surface area (Å²) in [5.74, 6) is -0.573. The molecule has 0 radical (unpaired) electrons. The van der Waals surface area contributed by atoms with Crippen molar-refractivity contribution in [3.63, 3.8) is 0 Å². The first-order chi connectivity index (χ1) is 18.0. The molecule has 0 amide bonds. The second-order valence-electron chi connectivity index (χ2n) is 9.09. The molecule has 5 rings (SSSR count). The van der Waals surface area contributed by atoms with Crippen molar-refractivity contribution >= 4 is 22.9 Å². The van der Waals surface area contributed by atoms with Gasteiger partial charge in [0.1, 0.15) is 0 Å². The Kier molecular flexibility index (Phi) is 7.28. The molecule has 8 heteroatoms. The largest absolute Gasteiger partial charge is 0.510 e. The van der Waals surface area contributed by atoms with Crippen LogP contribution in [0, 0.1) is 0 Å². The van der Waals surface area contributed by atoms with Crippen molar-refractivity contribution in [2.45, 2.75) is 26.6 Å². The van der Waals surface area contributed by atoms with E-state index in [9.17, 15) is 9.59 Å². The number of carbonyl (C=O) groups excluding carboxylic acids is 1. The minimum atomic E-state index is -0.855. The molecule has 1 aliphatic heterocycles. The molecule has 0 saturated carbocycles. The maximum absolute atomic E-state index is 12.7. The minimum absolute atomic E-state index is 0.196. The number of hydrogen-bond acceptors (Lipinski definition) is 7. The molecule has 4 aromatic rings. The van der Waals surface area contributed by atoms with Crippen molar-refractivity contribution in [2.24, 2.45) is 0 Å². The molecule has 1 atom stereocenters. The van der Waals surface area contributed by atoms with Gasteiger partial charge in [-0.25, -0.2) is 14.2 Å². The lowest BCUT2D eigenvalue weighted by Crippen LogP contribution is -2.46. The van der Waals surface area contributed by atoms with Crippen molar-refractivity contribution in [2.75, 3.05) is 37.7 Å². The highest BCUT2D eigenvalue weighted by Gasteiger charge is 2.24. The van der Waals surface area contributed by atoms with E-state index in [-0.39, 0.29) is 6.61 Å². The zero-order valence-corrected chi connectivity index (χ0v) is 21.1. The quantitative estimate of drug-likeness (QED) is 0.319. The van der Waals surface area contributed by atoms with E-state index in [0.29, 0.717) is 11.1 Å². The van der Waals surface area contributed by atoms with Gasteiger partial charge in [-0.05, 0) is 48.7 Å². The molecule has 37 heavy (non-hydrogen) atoms. The van der Waals surface area contributed by atoms with Crippen LogP contribution in [0.5, 0.6) is 0 Å². The van der Waals surface area contributed by atoms with E-state index in [1.54, 1.807) is 19.9 Å². The Hall–Kier alpha value is -4.04. The number of rotatable bonds is 7. The first-order valence-corrected chi connectivity index (χ1v) is 12.6. The van der Waals surface area contributed by atoms with E-state index in [1.807, 2.05) is 18.2 Å². The first kappa shape index (κ1) is 24.6. The summed E-state index contributed by atoms with van der Waals surface area (Å²) in [5, 5.41) is 0. The van der Waals surface area contributed by atoms with Crippen LogP contribution in [0.25, 0.3) is 22.2 Å². The molecule has 0 N–H and O–H groups in total. The average Bonchev–Trinajstić information content (AvgIpc) is 3.26. The second-order valence-corrected chi connectivity index (χ2v) is 9.09. The van der Waals surface area contributed by atoms with Crippen LogP contribution >= 0.6 is 0 Å². The molecule has 0 spiro atoms. The number of carbonyl (C=O) groups is 1.